The van der Waals surface area contributed by atoms with Crippen LogP contribution >= 0.6 is 0 Å². The molecule has 1 atom stereocenters. The van der Waals surface area contributed by atoms with Crippen molar-refractivity contribution >= 4 is 17.9 Å². The minimum absolute atomic E-state index is 0.0360. The van der Waals surface area contributed by atoms with Crippen molar-refractivity contribution in [2.24, 2.45) is 0 Å². The van der Waals surface area contributed by atoms with Crippen molar-refractivity contribution in [3.05, 3.63) is 23.9 Å². The summed E-state index contributed by atoms with van der Waals surface area (Å²) in [7, 11) is 0. The van der Waals surface area contributed by atoms with Gasteiger partial charge in [0.05, 0.1) is 0 Å². The lowest BCUT2D eigenvalue weighted by Crippen LogP contribution is -2.44. The Balaban J connectivity index is 2.74. The molecule has 1 rings (SSSR count). The number of carboxylic acid groups (broad SMARTS) is 1. The van der Waals surface area contributed by atoms with Crippen LogP contribution in [0.2, 0.25) is 0 Å². The Morgan fingerprint density at radius 1 is 1.50 bits per heavy atom. The zero-order chi connectivity index (χ0) is 15.3. The fraction of sp³-hybridized carbons (Fsp3) is 0.462. The Bertz CT molecular complexity index is 497. The molecule has 0 saturated heterocycles. The summed E-state index contributed by atoms with van der Waals surface area (Å²) in [5.74, 6) is -0.927. The van der Waals surface area contributed by atoms with Gasteiger partial charge in [-0.15, -0.1) is 0 Å². The monoisotopic (exact) mass is 281 g/mol. The summed E-state index contributed by atoms with van der Waals surface area (Å²) in [5, 5.41) is 11.4. The van der Waals surface area contributed by atoms with Gasteiger partial charge in [-0.05, 0) is 32.4 Å². The highest BCUT2D eigenvalue weighted by molar-refractivity contribution is 5.80. The number of carboxylic acids is 1. The highest BCUT2D eigenvalue weighted by Crippen LogP contribution is 2.11. The van der Waals surface area contributed by atoms with E-state index in [1.807, 2.05) is 0 Å². The van der Waals surface area contributed by atoms with Crippen LogP contribution < -0.4 is 11.1 Å². The lowest BCUT2D eigenvalue weighted by atomic mass is 10.1. The Kier molecular flexibility index (Phi) is 4.90. The quantitative estimate of drug-likeness (QED) is 0.763. The summed E-state index contributed by atoms with van der Waals surface area (Å²) in [6.45, 7) is 5.09. The lowest BCUT2D eigenvalue weighted by Gasteiger charge is -2.22. The number of nitrogens with zero attached hydrogens (tertiary/aromatic N) is 1. The van der Waals surface area contributed by atoms with Crippen molar-refractivity contribution in [2.45, 2.75) is 38.8 Å². The minimum atomic E-state index is -1.17. The van der Waals surface area contributed by atoms with Crippen LogP contribution in [-0.4, -0.2) is 33.8 Å². The number of anilines is 1. The molecule has 110 valence electrons. The molecule has 0 radical (unpaired) electrons. The third-order valence-corrected chi connectivity index (χ3v) is 2.34. The van der Waals surface area contributed by atoms with Gasteiger partial charge in [0.2, 0.25) is 0 Å². The predicted octanol–water partition coefficient (Wildman–Crippen LogP) is 1.18. The number of nitrogens with two attached hydrogens (primary N) is 1. The molecule has 7 nitrogen and oxygen atoms in total. The number of carbonyl (C=O) groups is 2. The van der Waals surface area contributed by atoms with E-state index in [1.54, 1.807) is 32.9 Å². The number of alkyl carbamates (subject to hydrolysis) is 1. The number of aliphatic carboxylic acids is 1. The number of ether oxygens (including phenoxy) is 1. The van der Waals surface area contributed by atoms with Crippen molar-refractivity contribution in [1.82, 2.24) is 10.3 Å². The maximum absolute atomic E-state index is 11.6. The molecule has 0 fully saturated rings. The molecule has 1 aromatic heterocycles. The first kappa shape index (κ1) is 15.7. The predicted molar refractivity (Wildman–Crippen MR) is 73.1 cm³/mol. The van der Waals surface area contributed by atoms with Crippen molar-refractivity contribution in [3.63, 3.8) is 0 Å². The molecule has 20 heavy (non-hydrogen) atoms. The average Bonchev–Trinajstić information content (AvgIpc) is 2.28. The number of nitrogen functional groups attached to an aromatic ring is 1. The number of amides is 1. The Labute approximate surface area is 117 Å². The van der Waals surface area contributed by atoms with Gasteiger partial charge in [-0.25, -0.2) is 14.6 Å². The van der Waals surface area contributed by atoms with Gasteiger partial charge in [-0.3, -0.25) is 0 Å². The summed E-state index contributed by atoms with van der Waals surface area (Å²) in [6, 6.07) is 2.18. The Morgan fingerprint density at radius 3 is 2.65 bits per heavy atom. The van der Waals surface area contributed by atoms with Crippen molar-refractivity contribution in [3.8, 4) is 0 Å². The van der Waals surface area contributed by atoms with Crippen LogP contribution in [0.4, 0.5) is 10.6 Å². The highest BCUT2D eigenvalue weighted by Gasteiger charge is 2.24. The molecule has 4 N–H and O–H groups in total. The van der Waals surface area contributed by atoms with E-state index in [4.69, 9.17) is 15.6 Å². The van der Waals surface area contributed by atoms with E-state index in [1.165, 1.54) is 6.20 Å². The molecule has 7 heteroatoms. The Morgan fingerprint density at radius 2 is 2.15 bits per heavy atom. The molecule has 1 amide bonds. The normalized spacial score (nSPS) is 12.6. The van der Waals surface area contributed by atoms with Crippen LogP contribution in [0.3, 0.4) is 0 Å². The molecule has 0 aliphatic carbocycles. The third-order valence-electron chi connectivity index (χ3n) is 2.34. The zero-order valence-electron chi connectivity index (χ0n) is 11.7. The van der Waals surface area contributed by atoms with Gasteiger partial charge in [-0.1, -0.05) is 6.07 Å². The van der Waals surface area contributed by atoms with Crippen LogP contribution in [-0.2, 0) is 16.0 Å². The summed E-state index contributed by atoms with van der Waals surface area (Å²) in [5.41, 5.74) is 5.51. The van der Waals surface area contributed by atoms with Crippen molar-refractivity contribution < 1.29 is 19.4 Å². The second kappa shape index (κ2) is 6.23. The molecule has 0 saturated carbocycles. The molecular formula is C13H19N3O4. The summed E-state index contributed by atoms with van der Waals surface area (Å²) >= 11 is 0. The van der Waals surface area contributed by atoms with Crippen molar-refractivity contribution in [2.75, 3.05) is 5.73 Å². The van der Waals surface area contributed by atoms with E-state index in [9.17, 15) is 9.59 Å². The van der Waals surface area contributed by atoms with E-state index in [-0.39, 0.29) is 12.2 Å². The van der Waals surface area contributed by atoms with Crippen molar-refractivity contribution in [1.29, 1.82) is 0 Å². The first-order valence-electron chi connectivity index (χ1n) is 6.11. The molecule has 1 heterocycles. The summed E-state index contributed by atoms with van der Waals surface area (Å²) in [6.07, 6.45) is 0.761. The second-order valence-corrected chi connectivity index (χ2v) is 5.29. The van der Waals surface area contributed by atoms with E-state index in [0.717, 1.165) is 0 Å². The van der Waals surface area contributed by atoms with Gasteiger partial charge in [0.1, 0.15) is 17.5 Å². The van der Waals surface area contributed by atoms with Gasteiger partial charge < -0.3 is 20.9 Å². The summed E-state index contributed by atoms with van der Waals surface area (Å²) in [4.78, 5) is 26.7. The average molecular weight is 281 g/mol. The number of nitrogens with one attached hydrogen (secondary N) is 1. The molecule has 0 spiro atoms. The van der Waals surface area contributed by atoms with Crippen LogP contribution in [0.1, 0.15) is 26.3 Å². The maximum atomic E-state index is 11.6. The van der Waals surface area contributed by atoms with Gasteiger partial charge in [-0.2, -0.15) is 0 Å². The fourth-order valence-corrected chi connectivity index (χ4v) is 1.49. The van der Waals surface area contributed by atoms with E-state index in [2.05, 4.69) is 10.3 Å². The summed E-state index contributed by atoms with van der Waals surface area (Å²) < 4.78 is 5.03. The van der Waals surface area contributed by atoms with Gasteiger partial charge in [0.15, 0.2) is 0 Å². The number of pyridine rings is 1. The van der Waals surface area contributed by atoms with Crippen LogP contribution in [0.25, 0.3) is 0 Å². The number of carbonyl (C=O) groups excluding carboxylic acids is 1. The van der Waals surface area contributed by atoms with Gasteiger partial charge >= 0.3 is 12.1 Å². The lowest BCUT2D eigenvalue weighted by molar-refractivity contribution is -0.139. The maximum Gasteiger partial charge on any atom is 0.408 e. The zero-order valence-corrected chi connectivity index (χ0v) is 11.7. The fourth-order valence-electron chi connectivity index (χ4n) is 1.49. The van der Waals surface area contributed by atoms with Gasteiger partial charge in [0, 0.05) is 12.6 Å². The van der Waals surface area contributed by atoms with Crippen LogP contribution in [0.15, 0.2) is 18.3 Å². The topological polar surface area (TPSA) is 115 Å². The first-order valence-corrected chi connectivity index (χ1v) is 6.11. The largest absolute Gasteiger partial charge is 0.480 e. The minimum Gasteiger partial charge on any atom is -0.480 e. The standard InChI is InChI=1S/C13H19N3O4/c1-13(2,3)20-12(19)16-9(11(17)18)7-8-5-4-6-15-10(8)14/h4-6,9H,7H2,1-3H3,(H2,14,15)(H,16,19)(H,17,18)/t9-/m0/s1. The molecule has 1 aromatic rings. The van der Waals surface area contributed by atoms with E-state index < -0.39 is 23.7 Å². The van der Waals surface area contributed by atoms with Crippen LogP contribution in [0.5, 0.6) is 0 Å². The molecule has 0 aliphatic rings. The van der Waals surface area contributed by atoms with Crippen LogP contribution in [0, 0.1) is 0 Å². The van der Waals surface area contributed by atoms with E-state index in [0.29, 0.717) is 5.56 Å². The second-order valence-electron chi connectivity index (χ2n) is 5.29. The molecule has 0 aliphatic heterocycles. The number of aromatic nitrogens is 1. The SMILES string of the molecule is CC(C)(C)OC(=O)N[C@@H](Cc1cccnc1N)C(=O)O. The van der Waals surface area contributed by atoms with E-state index >= 15 is 0 Å². The first-order chi connectivity index (χ1) is 9.19. The number of hydrogen-bond acceptors (Lipinski definition) is 5. The molecule has 0 unspecified atom stereocenters. The molecule has 0 bridgehead atoms. The third kappa shape index (κ3) is 5.13. The molecular weight excluding hydrogens is 262 g/mol. The molecule has 0 aromatic carbocycles. The smallest absolute Gasteiger partial charge is 0.408 e. The van der Waals surface area contributed by atoms with Gasteiger partial charge in [0.25, 0.3) is 0 Å². The number of rotatable bonds is 4. The Hall–Kier alpha value is -2.31. The number of hydrogen-bond donors (Lipinski definition) is 3. The highest BCUT2D eigenvalue weighted by atomic mass is 16.6.